The van der Waals surface area contributed by atoms with E-state index >= 15 is 0 Å². The lowest BCUT2D eigenvalue weighted by atomic mass is 10.1. The highest BCUT2D eigenvalue weighted by Gasteiger charge is 2.23. The average Bonchev–Trinajstić information content (AvgIpc) is 2.59. The summed E-state index contributed by atoms with van der Waals surface area (Å²) >= 11 is 0. The molecular weight excluding hydrogens is 330 g/mol. The first-order valence-corrected chi connectivity index (χ1v) is 8.27. The molecule has 1 saturated heterocycles. The number of rotatable bonds is 5. The van der Waals surface area contributed by atoms with E-state index in [0.29, 0.717) is 12.1 Å². The second-order valence-corrected chi connectivity index (χ2v) is 6.28. The second kappa shape index (κ2) is 8.75. The maximum absolute atomic E-state index is 13.2. The van der Waals surface area contributed by atoms with Crippen molar-refractivity contribution in [1.29, 1.82) is 0 Å². The number of likely N-dealkylation sites (N-methyl/N-ethyl adjacent to an activating group) is 1. The maximum Gasteiger partial charge on any atom is 0.317 e. The van der Waals surface area contributed by atoms with Gasteiger partial charge in [0.2, 0.25) is 5.91 Å². The van der Waals surface area contributed by atoms with E-state index in [4.69, 9.17) is 0 Å². The summed E-state index contributed by atoms with van der Waals surface area (Å²) in [6.45, 7) is 2.04. The Morgan fingerprint density at radius 1 is 1.24 bits per heavy atom. The van der Waals surface area contributed by atoms with E-state index in [-0.39, 0.29) is 24.5 Å². The number of halogens is 2. The molecule has 0 atom stereocenters. The summed E-state index contributed by atoms with van der Waals surface area (Å²) in [5.41, 5.74) is 0.525. The van der Waals surface area contributed by atoms with Gasteiger partial charge in [0.05, 0.1) is 6.54 Å². The number of amides is 3. The Hall–Kier alpha value is -2.22. The first-order chi connectivity index (χ1) is 11.9. The molecule has 8 heteroatoms. The summed E-state index contributed by atoms with van der Waals surface area (Å²) < 4.78 is 26.2. The minimum atomic E-state index is -0.921. The predicted octanol–water partition coefficient (Wildman–Crippen LogP) is 1.32. The molecule has 0 radical (unpaired) electrons. The van der Waals surface area contributed by atoms with Crippen molar-refractivity contribution in [1.82, 2.24) is 20.4 Å². The number of hydrogen-bond donors (Lipinski definition) is 2. The van der Waals surface area contributed by atoms with E-state index < -0.39 is 11.6 Å². The summed E-state index contributed by atoms with van der Waals surface area (Å²) in [4.78, 5) is 27.1. The molecule has 0 spiro atoms. The molecular formula is C17H24F2N4O2. The molecule has 0 aliphatic carbocycles. The van der Waals surface area contributed by atoms with Gasteiger partial charge in [0.25, 0.3) is 0 Å². The van der Waals surface area contributed by atoms with Crippen molar-refractivity contribution in [2.45, 2.75) is 25.4 Å². The van der Waals surface area contributed by atoms with Gasteiger partial charge in [0, 0.05) is 39.8 Å². The molecule has 6 nitrogen and oxygen atoms in total. The molecule has 0 aromatic heterocycles. The number of urea groups is 1. The Kier molecular flexibility index (Phi) is 6.69. The van der Waals surface area contributed by atoms with Gasteiger partial charge in [0.15, 0.2) is 11.6 Å². The van der Waals surface area contributed by atoms with E-state index in [9.17, 15) is 18.4 Å². The summed E-state index contributed by atoms with van der Waals surface area (Å²) in [5.74, 6) is -1.84. The predicted molar refractivity (Wildman–Crippen MR) is 89.9 cm³/mol. The van der Waals surface area contributed by atoms with Crippen molar-refractivity contribution < 1.29 is 18.4 Å². The Balaban J connectivity index is 1.78. The molecule has 1 aromatic rings. The Morgan fingerprint density at radius 2 is 1.92 bits per heavy atom. The number of piperidine rings is 1. The molecule has 0 unspecified atom stereocenters. The Bertz CT molecular complexity index is 619. The molecule has 2 N–H and O–H groups in total. The van der Waals surface area contributed by atoms with E-state index in [1.165, 1.54) is 11.0 Å². The molecule has 1 heterocycles. The lowest BCUT2D eigenvalue weighted by molar-refractivity contribution is -0.122. The van der Waals surface area contributed by atoms with Gasteiger partial charge in [0.1, 0.15) is 0 Å². The third-order valence-electron chi connectivity index (χ3n) is 4.31. The molecule has 1 aliphatic heterocycles. The number of benzene rings is 1. The van der Waals surface area contributed by atoms with Crippen LogP contribution in [0.5, 0.6) is 0 Å². The van der Waals surface area contributed by atoms with Crippen LogP contribution in [0.4, 0.5) is 13.6 Å². The highest BCUT2D eigenvalue weighted by Crippen LogP contribution is 2.12. The normalized spacial score (nSPS) is 15.7. The molecule has 1 aromatic carbocycles. The van der Waals surface area contributed by atoms with Gasteiger partial charge in [-0.05, 0) is 30.5 Å². The Morgan fingerprint density at radius 3 is 2.52 bits per heavy atom. The number of carbonyl (C=O) groups is 2. The zero-order valence-electron chi connectivity index (χ0n) is 14.5. The molecule has 3 amide bonds. The van der Waals surface area contributed by atoms with E-state index in [1.54, 1.807) is 14.1 Å². The van der Waals surface area contributed by atoms with Crippen molar-refractivity contribution in [3.8, 4) is 0 Å². The van der Waals surface area contributed by atoms with Crippen LogP contribution in [0.1, 0.15) is 18.4 Å². The fourth-order valence-corrected chi connectivity index (χ4v) is 2.79. The lowest BCUT2D eigenvalue weighted by Crippen LogP contribution is -2.49. The number of nitrogens with zero attached hydrogens (tertiary/aromatic N) is 2. The van der Waals surface area contributed by atoms with Crippen molar-refractivity contribution in [2.75, 3.05) is 33.7 Å². The zero-order valence-corrected chi connectivity index (χ0v) is 14.5. The van der Waals surface area contributed by atoms with Gasteiger partial charge in [-0.2, -0.15) is 0 Å². The minimum absolute atomic E-state index is 0.0197. The molecule has 0 bridgehead atoms. The molecule has 138 valence electrons. The summed E-state index contributed by atoms with van der Waals surface area (Å²) in [5, 5.41) is 5.54. The van der Waals surface area contributed by atoms with E-state index in [1.807, 2.05) is 4.90 Å². The minimum Gasteiger partial charge on any atom is -0.358 e. The van der Waals surface area contributed by atoms with Crippen LogP contribution in [0.15, 0.2) is 18.2 Å². The fraction of sp³-hybridized carbons (Fsp3) is 0.529. The maximum atomic E-state index is 13.2. The van der Waals surface area contributed by atoms with Crippen LogP contribution in [0.25, 0.3) is 0 Å². The van der Waals surface area contributed by atoms with Crippen LogP contribution in [-0.2, 0) is 11.3 Å². The SMILES string of the molecule is CNC(=O)CN1CCC(NC(=O)N(C)Cc2ccc(F)c(F)c2)CC1. The quantitative estimate of drug-likeness (QED) is 0.838. The van der Waals surface area contributed by atoms with Crippen molar-refractivity contribution in [3.05, 3.63) is 35.4 Å². The van der Waals surface area contributed by atoms with Crippen LogP contribution >= 0.6 is 0 Å². The second-order valence-electron chi connectivity index (χ2n) is 6.28. The third kappa shape index (κ3) is 5.67. The molecule has 0 saturated carbocycles. The van der Waals surface area contributed by atoms with Crippen LogP contribution in [0, 0.1) is 11.6 Å². The summed E-state index contributed by atoms with van der Waals surface area (Å²) in [6.07, 6.45) is 1.53. The largest absolute Gasteiger partial charge is 0.358 e. The monoisotopic (exact) mass is 354 g/mol. The van der Waals surface area contributed by atoms with Gasteiger partial charge in [-0.25, -0.2) is 13.6 Å². The highest BCUT2D eigenvalue weighted by molar-refractivity contribution is 5.77. The fourth-order valence-electron chi connectivity index (χ4n) is 2.79. The average molecular weight is 354 g/mol. The molecule has 1 fully saturated rings. The van der Waals surface area contributed by atoms with E-state index in [0.717, 1.165) is 38.1 Å². The van der Waals surface area contributed by atoms with Gasteiger partial charge in [-0.3, -0.25) is 9.69 Å². The molecule has 25 heavy (non-hydrogen) atoms. The summed E-state index contributed by atoms with van der Waals surface area (Å²) in [6, 6.07) is 3.39. The first kappa shape index (κ1) is 19.1. The van der Waals surface area contributed by atoms with Gasteiger partial charge < -0.3 is 15.5 Å². The van der Waals surface area contributed by atoms with E-state index in [2.05, 4.69) is 10.6 Å². The Labute approximate surface area is 146 Å². The molecule has 2 rings (SSSR count). The van der Waals surface area contributed by atoms with Gasteiger partial charge >= 0.3 is 6.03 Å². The van der Waals surface area contributed by atoms with Crippen LogP contribution < -0.4 is 10.6 Å². The van der Waals surface area contributed by atoms with Crippen LogP contribution in [0.3, 0.4) is 0 Å². The number of carbonyl (C=O) groups excluding carboxylic acids is 2. The van der Waals surface area contributed by atoms with Gasteiger partial charge in [-0.1, -0.05) is 6.07 Å². The number of hydrogen-bond acceptors (Lipinski definition) is 3. The number of likely N-dealkylation sites (tertiary alicyclic amines) is 1. The van der Waals surface area contributed by atoms with Crippen molar-refractivity contribution >= 4 is 11.9 Å². The topological polar surface area (TPSA) is 64.7 Å². The lowest BCUT2D eigenvalue weighted by Gasteiger charge is -2.32. The first-order valence-electron chi connectivity index (χ1n) is 8.27. The number of nitrogens with one attached hydrogen (secondary N) is 2. The van der Waals surface area contributed by atoms with Crippen molar-refractivity contribution in [3.63, 3.8) is 0 Å². The molecule has 1 aliphatic rings. The highest BCUT2D eigenvalue weighted by atomic mass is 19.2. The van der Waals surface area contributed by atoms with Crippen LogP contribution in [0.2, 0.25) is 0 Å². The van der Waals surface area contributed by atoms with Gasteiger partial charge in [-0.15, -0.1) is 0 Å². The smallest absolute Gasteiger partial charge is 0.317 e. The van der Waals surface area contributed by atoms with Crippen molar-refractivity contribution in [2.24, 2.45) is 0 Å². The summed E-state index contributed by atoms with van der Waals surface area (Å²) in [7, 11) is 3.22. The van der Waals surface area contributed by atoms with Crippen LogP contribution in [-0.4, -0.2) is 61.5 Å². The zero-order chi connectivity index (χ0) is 18.4. The standard InChI is InChI=1S/C17H24F2N4O2/c1-20-16(24)11-23-7-5-13(6-8-23)21-17(25)22(2)10-12-3-4-14(18)15(19)9-12/h3-4,9,13H,5-8,10-11H2,1-2H3,(H,20,24)(H,21,25). The third-order valence-corrected chi connectivity index (χ3v) is 4.31.